The van der Waals surface area contributed by atoms with Crippen molar-refractivity contribution in [3.05, 3.63) is 64.8 Å². The number of nitrogens with zero attached hydrogens (tertiary/aromatic N) is 5. The molecule has 0 spiro atoms. The molecule has 0 radical (unpaired) electrons. The van der Waals surface area contributed by atoms with Crippen LogP contribution in [-0.2, 0) is 22.7 Å². The summed E-state index contributed by atoms with van der Waals surface area (Å²) in [6, 6.07) is 11.5. The molecule has 1 aliphatic rings. The normalized spacial score (nSPS) is 16.1. The van der Waals surface area contributed by atoms with E-state index in [-0.39, 0.29) is 4.90 Å². The van der Waals surface area contributed by atoms with Crippen LogP contribution in [0, 0.1) is 0 Å². The highest BCUT2D eigenvalue weighted by Gasteiger charge is 2.32. The second-order valence-electron chi connectivity index (χ2n) is 8.00. The molecule has 0 N–H and O–H groups in total. The molecule has 2 heterocycles. The Morgan fingerprint density at radius 2 is 1.56 bits per heavy atom. The Morgan fingerprint density at radius 1 is 0.912 bits per heavy atom. The van der Waals surface area contributed by atoms with Crippen LogP contribution in [0.25, 0.3) is 11.3 Å². The second-order valence-corrected chi connectivity index (χ2v) is 10.8. The third-order valence-electron chi connectivity index (χ3n) is 5.69. The van der Waals surface area contributed by atoms with E-state index in [4.69, 9.17) is 0 Å². The van der Waals surface area contributed by atoms with Gasteiger partial charge in [0.05, 0.1) is 16.7 Å². The lowest BCUT2D eigenvalue weighted by Gasteiger charge is -2.34. The van der Waals surface area contributed by atoms with Crippen molar-refractivity contribution >= 4 is 26.0 Å². The summed E-state index contributed by atoms with van der Waals surface area (Å²) in [5, 5.41) is 8.39. The van der Waals surface area contributed by atoms with E-state index in [9.17, 15) is 21.6 Å². The summed E-state index contributed by atoms with van der Waals surface area (Å²) in [5.74, 6) is 0. The maximum Gasteiger partial charge on any atom is 0.416 e. The van der Waals surface area contributed by atoms with Crippen LogP contribution in [0.4, 0.5) is 13.2 Å². The topological polar surface area (TPSA) is 71.3 Å². The van der Waals surface area contributed by atoms with E-state index in [1.165, 1.54) is 4.31 Å². The summed E-state index contributed by atoms with van der Waals surface area (Å²) in [7, 11) is -3.82. The number of hydrogen-bond acceptors (Lipinski definition) is 5. The second kappa shape index (κ2) is 10.1. The molecule has 1 fully saturated rings. The van der Waals surface area contributed by atoms with Crippen molar-refractivity contribution in [2.24, 2.45) is 0 Å². The molecule has 1 aromatic heterocycles. The molecule has 0 amide bonds. The number of aryl methyl sites for hydroxylation is 1. The zero-order valence-corrected chi connectivity index (χ0v) is 20.5. The van der Waals surface area contributed by atoms with E-state index in [0.717, 1.165) is 53.0 Å². The Morgan fingerprint density at radius 3 is 2.18 bits per heavy atom. The first-order valence-corrected chi connectivity index (χ1v) is 12.9. The van der Waals surface area contributed by atoms with Gasteiger partial charge >= 0.3 is 6.18 Å². The largest absolute Gasteiger partial charge is 0.416 e. The van der Waals surface area contributed by atoms with Crippen LogP contribution in [0.5, 0.6) is 0 Å². The van der Waals surface area contributed by atoms with Crippen LogP contribution in [0.3, 0.4) is 0 Å². The zero-order valence-electron chi connectivity index (χ0n) is 18.1. The Bertz CT molecular complexity index is 1210. The van der Waals surface area contributed by atoms with E-state index in [1.54, 1.807) is 4.68 Å². The average Bonchev–Trinajstić information content (AvgIpc) is 3.28. The summed E-state index contributed by atoms with van der Waals surface area (Å²) in [6.07, 6.45) is -1.77. The molecule has 34 heavy (non-hydrogen) atoms. The van der Waals surface area contributed by atoms with Crippen molar-refractivity contribution in [3.63, 3.8) is 0 Å². The van der Waals surface area contributed by atoms with Crippen molar-refractivity contribution in [1.82, 2.24) is 24.2 Å². The number of rotatable bonds is 7. The van der Waals surface area contributed by atoms with Crippen LogP contribution in [0.2, 0.25) is 0 Å². The van der Waals surface area contributed by atoms with Gasteiger partial charge in [-0.25, -0.2) is 8.42 Å². The summed E-state index contributed by atoms with van der Waals surface area (Å²) >= 11 is 3.41. The Balaban J connectivity index is 1.25. The van der Waals surface area contributed by atoms with Crippen molar-refractivity contribution in [1.29, 1.82) is 0 Å². The van der Waals surface area contributed by atoms with E-state index < -0.39 is 21.8 Å². The summed E-state index contributed by atoms with van der Waals surface area (Å²) in [4.78, 5) is 2.05. The first-order chi connectivity index (χ1) is 16.1. The van der Waals surface area contributed by atoms with Gasteiger partial charge in [-0.05, 0) is 42.8 Å². The first-order valence-electron chi connectivity index (χ1n) is 10.7. The highest BCUT2D eigenvalue weighted by atomic mass is 79.9. The van der Waals surface area contributed by atoms with Crippen LogP contribution in [-0.4, -0.2) is 65.3 Å². The maximum atomic E-state index is 12.8. The number of sulfonamides is 1. The fourth-order valence-corrected chi connectivity index (χ4v) is 5.46. The molecule has 1 saturated heterocycles. The van der Waals surface area contributed by atoms with Crippen molar-refractivity contribution in [3.8, 4) is 11.3 Å². The van der Waals surface area contributed by atoms with E-state index in [1.807, 2.05) is 30.5 Å². The molecule has 0 saturated carbocycles. The minimum atomic E-state index is -4.50. The molecule has 1 aliphatic heterocycles. The molecule has 4 rings (SSSR count). The number of hydrogen-bond donors (Lipinski definition) is 0. The fraction of sp³-hybridized carbons (Fsp3) is 0.364. The number of piperazine rings is 1. The van der Waals surface area contributed by atoms with Gasteiger partial charge in [0.1, 0.15) is 5.69 Å². The first kappa shape index (κ1) is 24.8. The SMILES string of the molecule is O=S(=O)(c1ccc(C(F)(F)F)cc1)N1CCN(CCCn2cc(-c3ccc(Br)cc3)nn2)CC1. The number of benzene rings is 2. The molecular formula is C22H23BrF3N5O2S. The van der Waals surface area contributed by atoms with E-state index >= 15 is 0 Å². The molecular weight excluding hydrogens is 535 g/mol. The van der Waals surface area contributed by atoms with Gasteiger partial charge in [0.2, 0.25) is 10.0 Å². The lowest BCUT2D eigenvalue weighted by Crippen LogP contribution is -2.48. The minimum absolute atomic E-state index is 0.123. The van der Waals surface area contributed by atoms with Crippen molar-refractivity contribution < 1.29 is 21.6 Å². The minimum Gasteiger partial charge on any atom is -0.301 e. The quantitative estimate of drug-likeness (QED) is 0.437. The number of alkyl halides is 3. The predicted octanol–water partition coefficient (Wildman–Crippen LogP) is 4.12. The third kappa shape index (κ3) is 5.85. The molecule has 182 valence electrons. The van der Waals surface area contributed by atoms with Gasteiger partial charge in [0, 0.05) is 49.3 Å². The van der Waals surface area contributed by atoms with Crippen LogP contribution in [0.15, 0.2) is 64.1 Å². The van der Waals surface area contributed by atoms with Crippen LogP contribution >= 0.6 is 15.9 Å². The maximum absolute atomic E-state index is 12.8. The van der Waals surface area contributed by atoms with Crippen LogP contribution in [0.1, 0.15) is 12.0 Å². The lowest BCUT2D eigenvalue weighted by atomic mass is 10.2. The van der Waals surface area contributed by atoms with E-state index in [2.05, 4.69) is 31.1 Å². The number of halogens is 4. The molecule has 0 aliphatic carbocycles. The van der Waals surface area contributed by atoms with Gasteiger partial charge in [-0.3, -0.25) is 4.68 Å². The predicted molar refractivity (Wildman–Crippen MR) is 124 cm³/mol. The molecule has 0 unspecified atom stereocenters. The lowest BCUT2D eigenvalue weighted by molar-refractivity contribution is -0.137. The molecule has 12 heteroatoms. The summed E-state index contributed by atoms with van der Waals surface area (Å²) in [5.41, 5.74) is 0.919. The van der Waals surface area contributed by atoms with Crippen molar-refractivity contribution in [2.75, 3.05) is 32.7 Å². The molecule has 0 atom stereocenters. The van der Waals surface area contributed by atoms with Gasteiger partial charge in [0.15, 0.2) is 0 Å². The summed E-state index contributed by atoms with van der Waals surface area (Å²) in [6.45, 7) is 3.17. The Hall–Kier alpha value is -2.28. The van der Waals surface area contributed by atoms with E-state index in [0.29, 0.717) is 32.7 Å². The smallest absolute Gasteiger partial charge is 0.301 e. The molecule has 3 aromatic rings. The zero-order chi connectivity index (χ0) is 24.3. The average molecular weight is 558 g/mol. The van der Waals surface area contributed by atoms with Gasteiger partial charge in [-0.2, -0.15) is 17.5 Å². The third-order valence-corrected chi connectivity index (χ3v) is 8.13. The summed E-state index contributed by atoms with van der Waals surface area (Å²) < 4.78 is 67.9. The van der Waals surface area contributed by atoms with Gasteiger partial charge in [-0.15, -0.1) is 5.10 Å². The molecule has 0 bridgehead atoms. The van der Waals surface area contributed by atoms with Crippen molar-refractivity contribution in [2.45, 2.75) is 24.0 Å². The van der Waals surface area contributed by atoms with Gasteiger partial charge in [0.25, 0.3) is 0 Å². The highest BCUT2D eigenvalue weighted by molar-refractivity contribution is 9.10. The standard InChI is InChI=1S/C22H23BrF3N5O2S/c23-19-6-2-17(3-7-19)21-16-30(28-27-21)11-1-10-29-12-14-31(15-13-29)34(32,33)20-8-4-18(5-9-20)22(24,25)26/h2-9,16H,1,10-15H2. The Labute approximate surface area is 204 Å². The highest BCUT2D eigenvalue weighted by Crippen LogP contribution is 2.30. The van der Waals surface area contributed by atoms with Gasteiger partial charge in [-0.1, -0.05) is 33.3 Å². The molecule has 2 aromatic carbocycles. The van der Waals surface area contributed by atoms with Crippen LogP contribution < -0.4 is 0 Å². The monoisotopic (exact) mass is 557 g/mol. The van der Waals surface area contributed by atoms with Gasteiger partial charge < -0.3 is 4.90 Å². The fourth-order valence-electron chi connectivity index (χ4n) is 3.78. The molecule has 7 nitrogen and oxygen atoms in total. The number of aromatic nitrogens is 3. The Kier molecular flexibility index (Phi) is 7.41.